The van der Waals surface area contributed by atoms with Gasteiger partial charge >= 0.3 is 12.0 Å². The van der Waals surface area contributed by atoms with Crippen LogP contribution in [0.15, 0.2) is 28.8 Å². The highest BCUT2D eigenvalue weighted by Gasteiger charge is 2.27. The Morgan fingerprint density at radius 2 is 2.09 bits per heavy atom. The summed E-state index contributed by atoms with van der Waals surface area (Å²) in [5, 5.41) is 13.0. The molecule has 1 saturated heterocycles. The molecule has 0 spiro atoms. The van der Waals surface area contributed by atoms with Crippen molar-refractivity contribution in [3.05, 3.63) is 24.3 Å². The summed E-state index contributed by atoms with van der Waals surface area (Å²) >= 11 is 0. The smallest absolute Gasteiger partial charge is 0.324 e. The molecule has 0 amide bonds. The number of rotatable bonds is 4. The van der Waals surface area contributed by atoms with E-state index in [9.17, 15) is 4.79 Å². The molecule has 7 heteroatoms. The number of hydrogen-bond acceptors (Lipinski definition) is 6. The molecule has 22 heavy (non-hydrogen) atoms. The zero-order chi connectivity index (χ0) is 15.5. The number of anilines is 1. The van der Waals surface area contributed by atoms with Gasteiger partial charge in [-0.25, -0.2) is 0 Å². The van der Waals surface area contributed by atoms with E-state index in [-0.39, 0.29) is 5.92 Å². The molecule has 1 N–H and O–H groups in total. The molecule has 0 unspecified atom stereocenters. The zero-order valence-corrected chi connectivity index (χ0v) is 12.2. The Labute approximate surface area is 127 Å². The van der Waals surface area contributed by atoms with Crippen molar-refractivity contribution >= 4 is 12.0 Å². The maximum absolute atomic E-state index is 11.0. The van der Waals surface area contributed by atoms with Crippen molar-refractivity contribution in [3.8, 4) is 17.1 Å². The minimum atomic E-state index is -0.736. The molecule has 0 saturated carbocycles. The summed E-state index contributed by atoms with van der Waals surface area (Å²) in [4.78, 5) is 17.3. The van der Waals surface area contributed by atoms with Gasteiger partial charge in [-0.2, -0.15) is 4.98 Å². The average Bonchev–Trinajstić information content (AvgIpc) is 3.04. The van der Waals surface area contributed by atoms with Crippen LogP contribution in [0.1, 0.15) is 12.8 Å². The molecule has 0 bridgehead atoms. The van der Waals surface area contributed by atoms with Gasteiger partial charge in [0.15, 0.2) is 0 Å². The number of ether oxygens (including phenoxy) is 1. The van der Waals surface area contributed by atoms with Crippen LogP contribution < -0.4 is 9.64 Å². The minimum Gasteiger partial charge on any atom is -0.496 e. The average molecular weight is 303 g/mol. The lowest BCUT2D eigenvalue weighted by Crippen LogP contribution is -2.36. The van der Waals surface area contributed by atoms with Crippen LogP contribution in [0.4, 0.5) is 6.01 Å². The zero-order valence-electron chi connectivity index (χ0n) is 12.2. The van der Waals surface area contributed by atoms with Gasteiger partial charge in [0.05, 0.1) is 18.6 Å². The summed E-state index contributed by atoms with van der Waals surface area (Å²) in [5.74, 6) is 0.125. The van der Waals surface area contributed by atoms with Crippen LogP contribution in [0.5, 0.6) is 5.75 Å². The molecule has 2 aromatic rings. The normalized spacial score (nSPS) is 15.8. The Morgan fingerprint density at radius 1 is 1.36 bits per heavy atom. The lowest BCUT2D eigenvalue weighted by molar-refractivity contribution is -0.142. The molecule has 116 valence electrons. The number of aromatic nitrogens is 2. The first kappa shape index (κ1) is 14.4. The van der Waals surface area contributed by atoms with Gasteiger partial charge in [-0.15, -0.1) is 0 Å². The standard InChI is InChI=1S/C15H17N3O4/c1-21-12-5-3-2-4-11(12)13-16-15(22-17-13)18-8-6-10(7-9-18)14(19)20/h2-5,10H,6-9H2,1H3,(H,19,20). The maximum atomic E-state index is 11.0. The molecule has 1 aromatic carbocycles. The molecule has 3 rings (SSSR count). The molecule has 1 aliphatic rings. The number of methoxy groups -OCH3 is 1. The van der Waals surface area contributed by atoms with Gasteiger partial charge < -0.3 is 19.3 Å². The van der Waals surface area contributed by atoms with Crippen molar-refractivity contribution in [2.75, 3.05) is 25.1 Å². The van der Waals surface area contributed by atoms with Crippen molar-refractivity contribution in [1.29, 1.82) is 0 Å². The second kappa shape index (κ2) is 6.05. The number of benzene rings is 1. The van der Waals surface area contributed by atoms with Gasteiger partial charge in [0.1, 0.15) is 5.75 Å². The SMILES string of the molecule is COc1ccccc1-c1noc(N2CCC(C(=O)O)CC2)n1. The second-order valence-corrected chi connectivity index (χ2v) is 5.20. The van der Waals surface area contributed by atoms with E-state index in [2.05, 4.69) is 10.1 Å². The number of piperidine rings is 1. The second-order valence-electron chi connectivity index (χ2n) is 5.20. The summed E-state index contributed by atoms with van der Waals surface area (Å²) in [5.41, 5.74) is 0.764. The van der Waals surface area contributed by atoms with E-state index in [0.717, 1.165) is 5.56 Å². The van der Waals surface area contributed by atoms with E-state index in [0.29, 0.717) is 43.5 Å². The molecule has 1 aliphatic heterocycles. The number of para-hydroxylation sites is 1. The highest BCUT2D eigenvalue weighted by atomic mass is 16.5. The van der Waals surface area contributed by atoms with Crippen molar-refractivity contribution in [2.24, 2.45) is 5.92 Å². The number of carboxylic acids is 1. The molecule has 0 atom stereocenters. The fraction of sp³-hybridized carbons (Fsp3) is 0.400. The van der Waals surface area contributed by atoms with E-state index >= 15 is 0 Å². The summed E-state index contributed by atoms with van der Waals surface area (Å²) in [6.45, 7) is 1.20. The van der Waals surface area contributed by atoms with Crippen molar-refractivity contribution in [3.63, 3.8) is 0 Å². The topological polar surface area (TPSA) is 88.7 Å². The number of aliphatic carboxylic acids is 1. The first-order valence-electron chi connectivity index (χ1n) is 7.14. The summed E-state index contributed by atoms with van der Waals surface area (Å²) in [6, 6.07) is 7.88. The Morgan fingerprint density at radius 3 is 2.77 bits per heavy atom. The fourth-order valence-corrected chi connectivity index (χ4v) is 2.60. The summed E-state index contributed by atoms with van der Waals surface area (Å²) in [6.07, 6.45) is 1.17. The first-order valence-corrected chi connectivity index (χ1v) is 7.14. The van der Waals surface area contributed by atoms with E-state index in [1.807, 2.05) is 29.2 Å². The van der Waals surface area contributed by atoms with Crippen LogP contribution in [0.2, 0.25) is 0 Å². The Kier molecular flexibility index (Phi) is 3.95. The van der Waals surface area contributed by atoms with Crippen molar-refractivity contribution in [1.82, 2.24) is 10.1 Å². The molecular weight excluding hydrogens is 286 g/mol. The van der Waals surface area contributed by atoms with E-state index in [1.165, 1.54) is 0 Å². The van der Waals surface area contributed by atoms with Crippen LogP contribution in [-0.2, 0) is 4.79 Å². The minimum absolute atomic E-state index is 0.284. The number of nitrogens with zero attached hydrogens (tertiary/aromatic N) is 3. The van der Waals surface area contributed by atoms with Crippen LogP contribution in [-0.4, -0.2) is 41.4 Å². The van der Waals surface area contributed by atoms with Crippen molar-refractivity contribution < 1.29 is 19.2 Å². The van der Waals surface area contributed by atoms with Crippen LogP contribution in [0.25, 0.3) is 11.4 Å². The van der Waals surface area contributed by atoms with Gasteiger partial charge in [0.2, 0.25) is 5.82 Å². The molecule has 0 radical (unpaired) electrons. The van der Waals surface area contributed by atoms with Gasteiger partial charge in [-0.05, 0) is 25.0 Å². The lowest BCUT2D eigenvalue weighted by atomic mass is 9.97. The Bertz CT molecular complexity index is 662. The third kappa shape index (κ3) is 2.74. The van der Waals surface area contributed by atoms with Crippen LogP contribution in [0.3, 0.4) is 0 Å². The number of hydrogen-bond donors (Lipinski definition) is 1. The van der Waals surface area contributed by atoms with Gasteiger partial charge in [0, 0.05) is 13.1 Å². The number of carbonyl (C=O) groups is 1. The highest BCUT2D eigenvalue weighted by molar-refractivity contribution is 5.70. The third-order valence-electron chi connectivity index (χ3n) is 3.88. The Balaban J connectivity index is 1.76. The van der Waals surface area contributed by atoms with Gasteiger partial charge in [-0.3, -0.25) is 4.79 Å². The highest BCUT2D eigenvalue weighted by Crippen LogP contribution is 2.29. The van der Waals surface area contributed by atoms with Crippen molar-refractivity contribution in [2.45, 2.75) is 12.8 Å². The third-order valence-corrected chi connectivity index (χ3v) is 3.88. The lowest BCUT2D eigenvalue weighted by Gasteiger charge is -2.28. The van der Waals surface area contributed by atoms with Crippen LogP contribution in [0, 0.1) is 5.92 Å². The van der Waals surface area contributed by atoms with Gasteiger partial charge in [0.25, 0.3) is 0 Å². The monoisotopic (exact) mass is 303 g/mol. The predicted molar refractivity (Wildman–Crippen MR) is 78.9 cm³/mol. The summed E-state index contributed by atoms with van der Waals surface area (Å²) < 4.78 is 10.6. The number of carboxylic acid groups (broad SMARTS) is 1. The molecule has 1 aromatic heterocycles. The quantitative estimate of drug-likeness (QED) is 0.924. The van der Waals surface area contributed by atoms with E-state index in [1.54, 1.807) is 7.11 Å². The van der Waals surface area contributed by atoms with Crippen LogP contribution >= 0.6 is 0 Å². The van der Waals surface area contributed by atoms with E-state index < -0.39 is 5.97 Å². The molecule has 2 heterocycles. The molecule has 0 aliphatic carbocycles. The largest absolute Gasteiger partial charge is 0.496 e. The maximum Gasteiger partial charge on any atom is 0.324 e. The molecular formula is C15H17N3O4. The predicted octanol–water partition coefficient (Wildman–Crippen LogP) is 2.05. The van der Waals surface area contributed by atoms with E-state index in [4.69, 9.17) is 14.4 Å². The van der Waals surface area contributed by atoms with Gasteiger partial charge in [-0.1, -0.05) is 17.3 Å². The first-order chi connectivity index (χ1) is 10.7. The molecule has 7 nitrogen and oxygen atoms in total. The Hall–Kier alpha value is -2.57. The molecule has 1 fully saturated rings. The summed E-state index contributed by atoms with van der Waals surface area (Å²) in [7, 11) is 1.59. The fourth-order valence-electron chi connectivity index (χ4n) is 2.60.